The number of fused-ring (bicyclic) bond motifs is 3. The number of rotatable bonds is 8. The average molecular weight is 726 g/mol. The molecule has 4 aromatic heterocycles. The number of halogens is 3. The van der Waals surface area contributed by atoms with Gasteiger partial charge in [0.05, 0.1) is 51.4 Å². The number of ether oxygens (including phenoxy) is 1. The van der Waals surface area contributed by atoms with Crippen molar-refractivity contribution in [3.05, 3.63) is 83.4 Å². The van der Waals surface area contributed by atoms with E-state index in [-0.39, 0.29) is 52.6 Å². The zero-order valence-electron chi connectivity index (χ0n) is 29.6. The third kappa shape index (κ3) is 5.57. The summed E-state index contributed by atoms with van der Waals surface area (Å²) >= 11 is 1.16. The first kappa shape index (κ1) is 34.1. The second-order valence-corrected chi connectivity index (χ2v) is 14.9. The molecule has 8 rings (SSSR count). The number of carbonyl (C=O) groups excluding carboxylic acids is 1. The Labute approximate surface area is 303 Å². The van der Waals surface area contributed by atoms with Crippen LogP contribution in [0.1, 0.15) is 43.9 Å². The Morgan fingerprint density at radius 1 is 1.02 bits per heavy atom. The zero-order valence-corrected chi connectivity index (χ0v) is 30.4. The predicted octanol–water partition coefficient (Wildman–Crippen LogP) is 8.09. The van der Waals surface area contributed by atoms with Crippen LogP contribution in [0.25, 0.3) is 54.9 Å². The quantitative estimate of drug-likeness (QED) is 0.148. The number of aryl methyl sites for hydroxylation is 2. The van der Waals surface area contributed by atoms with Crippen LogP contribution in [0, 0.1) is 30.3 Å². The number of thiophene rings is 1. The van der Waals surface area contributed by atoms with Crippen molar-refractivity contribution in [2.75, 3.05) is 33.3 Å². The third-order valence-electron chi connectivity index (χ3n) is 10.5. The summed E-state index contributed by atoms with van der Waals surface area (Å²) in [6.07, 6.45) is 1.99. The van der Waals surface area contributed by atoms with Crippen LogP contribution in [0.3, 0.4) is 0 Å². The van der Waals surface area contributed by atoms with Crippen LogP contribution in [0.15, 0.2) is 54.4 Å². The van der Waals surface area contributed by atoms with Gasteiger partial charge in [-0.05, 0) is 64.4 Å². The van der Waals surface area contributed by atoms with Crippen molar-refractivity contribution in [3.8, 4) is 39.5 Å². The van der Waals surface area contributed by atoms with Gasteiger partial charge in [0.2, 0.25) is 5.91 Å². The predicted molar refractivity (Wildman–Crippen MR) is 197 cm³/mol. The van der Waals surface area contributed by atoms with E-state index in [1.165, 1.54) is 11.5 Å². The van der Waals surface area contributed by atoms with Crippen LogP contribution >= 0.6 is 11.3 Å². The minimum atomic E-state index is -0.903. The van der Waals surface area contributed by atoms with Gasteiger partial charge in [-0.15, -0.1) is 11.3 Å². The summed E-state index contributed by atoms with van der Waals surface area (Å²) in [5, 5.41) is 6.49. The summed E-state index contributed by atoms with van der Waals surface area (Å²) in [6.45, 7) is 11.9. The smallest absolute Gasteiger partial charge is 0.246 e. The Hall–Kier alpha value is -5.01. The normalized spacial score (nSPS) is 17.9. The van der Waals surface area contributed by atoms with Gasteiger partial charge in [-0.3, -0.25) is 9.48 Å². The van der Waals surface area contributed by atoms with E-state index < -0.39 is 17.5 Å². The van der Waals surface area contributed by atoms with Gasteiger partial charge in [-0.2, -0.15) is 5.10 Å². The van der Waals surface area contributed by atoms with Gasteiger partial charge in [0, 0.05) is 60.7 Å². The van der Waals surface area contributed by atoms with E-state index in [4.69, 9.17) is 19.8 Å². The summed E-state index contributed by atoms with van der Waals surface area (Å²) in [7, 11) is 3.98. The Kier molecular flexibility index (Phi) is 8.45. The maximum absolute atomic E-state index is 16.4. The summed E-state index contributed by atoms with van der Waals surface area (Å²) in [4.78, 5) is 26.6. The molecule has 9 nitrogen and oxygen atoms in total. The van der Waals surface area contributed by atoms with Crippen molar-refractivity contribution in [2.24, 2.45) is 13.0 Å². The first-order valence-corrected chi connectivity index (χ1v) is 18.2. The van der Waals surface area contributed by atoms with Crippen molar-refractivity contribution in [1.29, 1.82) is 0 Å². The maximum atomic E-state index is 16.4. The molecule has 13 heteroatoms. The van der Waals surface area contributed by atoms with E-state index in [0.717, 1.165) is 59.1 Å². The van der Waals surface area contributed by atoms with E-state index in [0.29, 0.717) is 40.5 Å². The highest BCUT2D eigenvalue weighted by atomic mass is 32.1. The molecule has 0 aliphatic carbocycles. The number of pyridine rings is 1. The Morgan fingerprint density at radius 2 is 1.81 bits per heavy atom. The number of imidazole rings is 1. The van der Waals surface area contributed by atoms with E-state index >= 15 is 8.78 Å². The molecule has 1 saturated heterocycles. The molecule has 2 aromatic carbocycles. The molecule has 6 heterocycles. The third-order valence-corrected chi connectivity index (χ3v) is 11.4. The van der Waals surface area contributed by atoms with Gasteiger partial charge in [0.15, 0.2) is 0 Å². The van der Waals surface area contributed by atoms with Crippen LogP contribution in [0.4, 0.5) is 13.2 Å². The second-order valence-electron chi connectivity index (χ2n) is 14.0. The van der Waals surface area contributed by atoms with Crippen LogP contribution in [-0.2, 0) is 11.8 Å². The molecule has 2 aliphatic heterocycles. The number of nitrogens with zero attached hydrogens (tertiary/aromatic N) is 7. The lowest BCUT2D eigenvalue weighted by Crippen LogP contribution is -2.44. The monoisotopic (exact) mass is 725 g/mol. The fourth-order valence-corrected chi connectivity index (χ4v) is 8.62. The minimum Gasteiger partial charge on any atom is -0.493 e. The molecule has 2 atom stereocenters. The SMILES string of the molecule is C=CC(=O)N1C[C@H](C)n2nc(-c3nc(-c4ccc5c(c4)nc(C)n5C)c4scc(F)c4c3-c3c(F)cc(F)cc3OCCC3CN(C)C3)cc2[C@H]1C. The molecule has 1 amide bonds. The van der Waals surface area contributed by atoms with Gasteiger partial charge >= 0.3 is 0 Å². The first-order chi connectivity index (χ1) is 24.9. The molecule has 0 N–H and O–H groups in total. The molecule has 0 radical (unpaired) electrons. The molecule has 6 aromatic rings. The highest BCUT2D eigenvalue weighted by molar-refractivity contribution is 7.17. The minimum absolute atomic E-state index is 0.0354. The summed E-state index contributed by atoms with van der Waals surface area (Å²) in [5.41, 5.74) is 4.17. The Morgan fingerprint density at radius 3 is 2.56 bits per heavy atom. The first-order valence-electron chi connectivity index (χ1n) is 17.3. The van der Waals surface area contributed by atoms with Crippen molar-refractivity contribution < 1.29 is 22.7 Å². The molecular weight excluding hydrogens is 688 g/mol. The lowest BCUT2D eigenvalue weighted by atomic mass is 9.94. The fraction of sp³-hybridized carbons (Fsp3) is 0.333. The summed E-state index contributed by atoms with van der Waals surface area (Å²) in [5.74, 6) is -1.28. The molecular formula is C39H38F3N7O2S. The van der Waals surface area contributed by atoms with Crippen molar-refractivity contribution in [2.45, 2.75) is 39.3 Å². The van der Waals surface area contributed by atoms with E-state index in [1.54, 1.807) is 4.90 Å². The van der Waals surface area contributed by atoms with Crippen molar-refractivity contribution in [1.82, 2.24) is 34.1 Å². The van der Waals surface area contributed by atoms with E-state index in [2.05, 4.69) is 11.5 Å². The molecule has 1 fully saturated rings. The molecule has 268 valence electrons. The average Bonchev–Trinajstić information content (AvgIpc) is 3.80. The summed E-state index contributed by atoms with van der Waals surface area (Å²) < 4.78 is 58.1. The van der Waals surface area contributed by atoms with Crippen LogP contribution in [-0.4, -0.2) is 73.3 Å². The fourth-order valence-electron chi connectivity index (χ4n) is 7.69. The molecule has 52 heavy (non-hydrogen) atoms. The number of aromatic nitrogens is 5. The molecule has 2 aliphatic rings. The largest absolute Gasteiger partial charge is 0.493 e. The molecule has 0 bridgehead atoms. The molecule has 0 saturated carbocycles. The summed E-state index contributed by atoms with van der Waals surface area (Å²) in [6, 6.07) is 8.95. The number of benzene rings is 2. The van der Waals surface area contributed by atoms with E-state index in [1.807, 2.05) is 68.4 Å². The molecule has 0 spiro atoms. The van der Waals surface area contributed by atoms with Crippen LogP contribution < -0.4 is 4.74 Å². The highest BCUT2D eigenvalue weighted by Crippen LogP contribution is 2.48. The Balaban J connectivity index is 1.37. The van der Waals surface area contributed by atoms with Crippen LogP contribution in [0.2, 0.25) is 0 Å². The number of hydrogen-bond donors (Lipinski definition) is 0. The van der Waals surface area contributed by atoms with Crippen molar-refractivity contribution in [3.63, 3.8) is 0 Å². The number of carbonyl (C=O) groups is 1. The van der Waals surface area contributed by atoms with E-state index in [9.17, 15) is 9.18 Å². The Bertz CT molecular complexity index is 2410. The standard InChI is InChI=1S/C39H38F3N7O2S/c1-7-33(50)48-16-20(2)49-31(21(48)3)15-29(45-49)38-36(34-26(41)13-25(40)14-32(34)51-11-10-23-17-46(5)18-23)35-27(42)19-52-39(35)37(44-38)24-8-9-30-28(12-24)43-22(4)47(30)6/h7-9,12-15,19-21,23H,1,10-11,16-18H2,2-6H3/t20-,21+/m0/s1. The van der Waals surface area contributed by atoms with Gasteiger partial charge < -0.3 is 19.1 Å². The van der Waals surface area contributed by atoms with Crippen LogP contribution in [0.5, 0.6) is 5.75 Å². The lowest BCUT2D eigenvalue weighted by Gasteiger charge is -2.36. The van der Waals surface area contributed by atoms with Crippen molar-refractivity contribution >= 4 is 38.4 Å². The van der Waals surface area contributed by atoms with Gasteiger partial charge in [0.25, 0.3) is 0 Å². The highest BCUT2D eigenvalue weighted by Gasteiger charge is 2.35. The number of likely N-dealkylation sites (tertiary alicyclic amines) is 1. The van der Waals surface area contributed by atoms with Gasteiger partial charge in [-0.25, -0.2) is 23.1 Å². The maximum Gasteiger partial charge on any atom is 0.246 e. The zero-order chi connectivity index (χ0) is 36.6. The number of hydrogen-bond acceptors (Lipinski definition) is 7. The second kappa shape index (κ2) is 12.9. The number of amides is 1. The topological polar surface area (TPSA) is 81.3 Å². The lowest BCUT2D eigenvalue weighted by molar-refractivity contribution is -0.129. The van der Waals surface area contributed by atoms with Gasteiger partial charge in [0.1, 0.15) is 40.4 Å². The molecule has 0 unspecified atom stereocenters. The van der Waals surface area contributed by atoms with Gasteiger partial charge in [-0.1, -0.05) is 12.6 Å².